The minimum absolute atomic E-state index is 0.0503. The fraction of sp³-hybridized carbons (Fsp3) is 0.654. The number of carbonyl (C=O) groups excluding carboxylic acids is 3. The molecule has 3 N–H and O–H groups in total. The van der Waals surface area contributed by atoms with Gasteiger partial charge in [0.1, 0.15) is 6.04 Å². The van der Waals surface area contributed by atoms with E-state index in [2.05, 4.69) is 10.6 Å². The van der Waals surface area contributed by atoms with Crippen molar-refractivity contribution in [3.05, 3.63) is 30.3 Å². The summed E-state index contributed by atoms with van der Waals surface area (Å²) in [5.74, 6) is -1.21. The van der Waals surface area contributed by atoms with Gasteiger partial charge in [-0.2, -0.15) is 0 Å². The van der Waals surface area contributed by atoms with Crippen LogP contribution >= 0.6 is 11.8 Å². The van der Waals surface area contributed by atoms with Crippen LogP contribution in [0.3, 0.4) is 0 Å². The lowest BCUT2D eigenvalue weighted by Gasteiger charge is -2.36. The van der Waals surface area contributed by atoms with Gasteiger partial charge in [0.15, 0.2) is 0 Å². The molecule has 5 atom stereocenters. The van der Waals surface area contributed by atoms with Crippen molar-refractivity contribution in [1.29, 1.82) is 0 Å². The van der Waals surface area contributed by atoms with E-state index in [0.717, 1.165) is 44.2 Å². The van der Waals surface area contributed by atoms with Gasteiger partial charge in [-0.1, -0.05) is 31.0 Å². The lowest BCUT2D eigenvalue weighted by atomic mass is 9.70. The molecule has 0 aromatic heterocycles. The molecule has 0 radical (unpaired) electrons. The monoisotopic (exact) mass is 487 g/mol. The quantitative estimate of drug-likeness (QED) is 0.465. The Balaban J connectivity index is 1.59. The third kappa shape index (κ3) is 4.71. The number of aliphatic hydroxyl groups is 1. The van der Waals surface area contributed by atoms with Gasteiger partial charge in [0.05, 0.1) is 16.6 Å². The Morgan fingerprint density at radius 1 is 1.12 bits per heavy atom. The largest absolute Gasteiger partial charge is 0.396 e. The Morgan fingerprint density at radius 3 is 2.50 bits per heavy atom. The summed E-state index contributed by atoms with van der Waals surface area (Å²) in [6, 6.07) is 8.78. The molecule has 1 aromatic rings. The second-order valence-corrected chi connectivity index (χ2v) is 12.4. The smallest absolute Gasteiger partial charge is 0.244 e. The first-order valence-corrected chi connectivity index (χ1v) is 13.3. The fourth-order valence-corrected chi connectivity index (χ4v) is 8.15. The molecular weight excluding hydrogens is 450 g/mol. The number of thioether (sulfide) groups is 1. The van der Waals surface area contributed by atoms with E-state index in [1.54, 1.807) is 16.7 Å². The van der Waals surface area contributed by atoms with E-state index in [4.69, 9.17) is 5.11 Å². The number of fused-ring (bicyclic) bond motifs is 1. The Kier molecular flexibility index (Phi) is 7.29. The van der Waals surface area contributed by atoms with Gasteiger partial charge in [0.25, 0.3) is 0 Å². The van der Waals surface area contributed by atoms with E-state index in [0.29, 0.717) is 6.54 Å². The SMILES string of the molecule is CC(C)(C)NC(=O)C1N(CCCCCCO)C(=O)[C@@H]2[C@H](C(=O)Nc3ccccc3)[C@@H]3CCC12S3. The van der Waals surface area contributed by atoms with Crippen molar-refractivity contribution >= 4 is 35.2 Å². The average molecular weight is 488 g/mol. The number of likely N-dealkylation sites (tertiary alicyclic amines) is 1. The number of carbonyl (C=O) groups is 3. The number of amides is 3. The molecule has 34 heavy (non-hydrogen) atoms. The van der Waals surface area contributed by atoms with Crippen molar-refractivity contribution in [2.24, 2.45) is 11.8 Å². The van der Waals surface area contributed by atoms with E-state index in [-0.39, 0.29) is 29.6 Å². The number of hydrogen-bond acceptors (Lipinski definition) is 5. The molecule has 3 aliphatic heterocycles. The van der Waals surface area contributed by atoms with Crippen molar-refractivity contribution < 1.29 is 19.5 Å². The maximum absolute atomic E-state index is 13.9. The zero-order valence-corrected chi connectivity index (χ0v) is 21.2. The third-order valence-corrected chi connectivity index (χ3v) is 9.15. The zero-order valence-electron chi connectivity index (χ0n) is 20.4. The van der Waals surface area contributed by atoms with Crippen molar-refractivity contribution in [1.82, 2.24) is 10.2 Å². The Morgan fingerprint density at radius 2 is 1.82 bits per heavy atom. The summed E-state index contributed by atoms with van der Waals surface area (Å²) < 4.78 is -0.555. The van der Waals surface area contributed by atoms with Gasteiger partial charge < -0.3 is 20.6 Å². The number of unbranched alkanes of at least 4 members (excludes halogenated alkanes) is 3. The first-order valence-electron chi connectivity index (χ1n) is 12.4. The molecule has 3 amide bonds. The van der Waals surface area contributed by atoms with E-state index < -0.39 is 28.2 Å². The first-order chi connectivity index (χ1) is 16.2. The van der Waals surface area contributed by atoms with Gasteiger partial charge in [-0.15, -0.1) is 11.8 Å². The average Bonchev–Trinajstić information content (AvgIpc) is 3.40. The number of nitrogens with one attached hydrogen (secondary N) is 2. The van der Waals surface area contributed by atoms with Crippen LogP contribution in [0, 0.1) is 11.8 Å². The molecule has 7 nitrogen and oxygen atoms in total. The Hall–Kier alpha value is -2.06. The van der Waals surface area contributed by atoms with Crippen LogP contribution in [0.4, 0.5) is 5.69 Å². The van der Waals surface area contributed by atoms with E-state index in [1.165, 1.54) is 0 Å². The standard InChI is InChI=1S/C26H37N3O4S/c1-25(2,3)28-23(32)21-26-14-13-18(34-26)19(22(31)27-17-11-7-6-8-12-17)20(26)24(33)29(21)15-9-4-5-10-16-30/h6-8,11-12,18-21,30H,4-5,9-10,13-16H2,1-3H3,(H,27,31)(H,28,32)/t18-,19+,20-,21?,26?/m0/s1. The predicted octanol–water partition coefficient (Wildman–Crippen LogP) is 3.18. The molecule has 2 unspecified atom stereocenters. The maximum atomic E-state index is 13.9. The lowest BCUT2D eigenvalue weighted by Crippen LogP contribution is -2.57. The molecule has 2 bridgehead atoms. The molecule has 1 spiro atoms. The van der Waals surface area contributed by atoms with Gasteiger partial charge in [-0.25, -0.2) is 0 Å². The van der Waals surface area contributed by atoms with Crippen LogP contribution in [-0.4, -0.2) is 62.5 Å². The molecule has 1 aromatic carbocycles. The summed E-state index contributed by atoms with van der Waals surface area (Å²) in [5.41, 5.74) is 0.315. The molecule has 3 fully saturated rings. The predicted molar refractivity (Wildman–Crippen MR) is 134 cm³/mol. The zero-order chi connectivity index (χ0) is 24.5. The molecule has 8 heteroatoms. The Bertz CT molecular complexity index is 918. The maximum Gasteiger partial charge on any atom is 0.244 e. The highest BCUT2D eigenvalue weighted by molar-refractivity contribution is 8.02. The van der Waals surface area contributed by atoms with Gasteiger partial charge in [-0.3, -0.25) is 14.4 Å². The van der Waals surface area contributed by atoms with Crippen molar-refractivity contribution in [2.45, 2.75) is 80.9 Å². The summed E-state index contributed by atoms with van der Waals surface area (Å²) in [7, 11) is 0. The lowest BCUT2D eigenvalue weighted by molar-refractivity contribution is -0.139. The second-order valence-electron chi connectivity index (χ2n) is 10.8. The highest BCUT2D eigenvalue weighted by Crippen LogP contribution is 2.66. The van der Waals surface area contributed by atoms with Crippen LogP contribution in [0.1, 0.15) is 59.3 Å². The number of benzene rings is 1. The van der Waals surface area contributed by atoms with Gasteiger partial charge in [-0.05, 0) is 58.6 Å². The van der Waals surface area contributed by atoms with Crippen LogP contribution in [0.15, 0.2) is 30.3 Å². The summed E-state index contributed by atoms with van der Waals surface area (Å²) in [6.07, 6.45) is 4.92. The number of hydrogen-bond donors (Lipinski definition) is 3. The van der Waals surface area contributed by atoms with Crippen molar-refractivity contribution in [3.8, 4) is 0 Å². The summed E-state index contributed by atoms with van der Waals surface area (Å²) in [6.45, 7) is 6.52. The molecule has 4 rings (SSSR count). The minimum atomic E-state index is -0.563. The molecule has 3 saturated heterocycles. The Labute approximate surface area is 206 Å². The summed E-state index contributed by atoms with van der Waals surface area (Å²) in [5, 5.41) is 15.2. The van der Waals surface area contributed by atoms with Gasteiger partial charge >= 0.3 is 0 Å². The normalized spacial score (nSPS) is 29.9. The molecule has 3 aliphatic rings. The minimum Gasteiger partial charge on any atom is -0.396 e. The summed E-state index contributed by atoms with van der Waals surface area (Å²) in [4.78, 5) is 42.6. The molecule has 3 heterocycles. The third-order valence-electron chi connectivity index (χ3n) is 7.20. The highest BCUT2D eigenvalue weighted by atomic mass is 32.2. The van der Waals surface area contributed by atoms with Crippen LogP contribution in [0.2, 0.25) is 0 Å². The van der Waals surface area contributed by atoms with Crippen LogP contribution in [0.25, 0.3) is 0 Å². The molecule has 0 aliphatic carbocycles. The van der Waals surface area contributed by atoms with E-state index >= 15 is 0 Å². The van der Waals surface area contributed by atoms with E-state index in [1.807, 2.05) is 51.1 Å². The number of nitrogens with zero attached hydrogens (tertiary/aromatic N) is 1. The van der Waals surface area contributed by atoms with E-state index in [9.17, 15) is 14.4 Å². The number of aliphatic hydroxyl groups excluding tert-OH is 1. The second kappa shape index (κ2) is 9.90. The fourth-order valence-electron chi connectivity index (χ4n) is 5.93. The van der Waals surface area contributed by atoms with Crippen LogP contribution in [0.5, 0.6) is 0 Å². The number of para-hydroxylation sites is 1. The molecular formula is C26H37N3O4S. The molecule has 186 valence electrons. The summed E-state index contributed by atoms with van der Waals surface area (Å²) >= 11 is 1.70. The number of rotatable bonds is 9. The van der Waals surface area contributed by atoms with Crippen LogP contribution in [-0.2, 0) is 14.4 Å². The van der Waals surface area contributed by atoms with Crippen molar-refractivity contribution in [3.63, 3.8) is 0 Å². The van der Waals surface area contributed by atoms with Gasteiger partial charge in [0.2, 0.25) is 17.7 Å². The molecule has 0 saturated carbocycles. The van der Waals surface area contributed by atoms with Crippen LogP contribution < -0.4 is 10.6 Å². The van der Waals surface area contributed by atoms with Gasteiger partial charge in [0, 0.05) is 29.6 Å². The topological polar surface area (TPSA) is 98.7 Å². The number of anilines is 1. The highest BCUT2D eigenvalue weighted by Gasteiger charge is 2.73. The van der Waals surface area contributed by atoms with Crippen molar-refractivity contribution in [2.75, 3.05) is 18.5 Å². The first kappa shape index (κ1) is 25.0.